The maximum atomic E-state index is 13.5. The lowest BCUT2D eigenvalue weighted by molar-refractivity contribution is -0.121. The van der Waals surface area contributed by atoms with Crippen molar-refractivity contribution < 1.29 is 23.1 Å². The van der Waals surface area contributed by atoms with Crippen molar-refractivity contribution in [3.8, 4) is 5.75 Å². The number of benzene rings is 2. The van der Waals surface area contributed by atoms with Crippen LogP contribution >= 0.6 is 0 Å². The standard InChI is InChI=1S/C23H28F2N2O3/c1-23(2,3)16-6-9-18(10-7-16)30-14-4-5-21(28)26-12-13-27-22(29)19-11-8-17(24)15-20(19)25/h6-11,15H,4-5,12-14H2,1-3H3,(H,26,28)(H,27,29). The van der Waals surface area contributed by atoms with Crippen LogP contribution in [0.4, 0.5) is 8.78 Å². The Morgan fingerprint density at radius 3 is 2.27 bits per heavy atom. The molecule has 5 nitrogen and oxygen atoms in total. The van der Waals surface area contributed by atoms with Gasteiger partial charge >= 0.3 is 0 Å². The number of amides is 2. The SMILES string of the molecule is CC(C)(C)c1ccc(OCCCC(=O)NCCNC(=O)c2ccc(F)cc2F)cc1. The molecule has 2 rings (SSSR count). The lowest BCUT2D eigenvalue weighted by Crippen LogP contribution is -2.35. The fourth-order valence-corrected chi connectivity index (χ4v) is 2.71. The van der Waals surface area contributed by atoms with Gasteiger partial charge in [-0.1, -0.05) is 32.9 Å². The molecule has 0 atom stereocenters. The van der Waals surface area contributed by atoms with Gasteiger partial charge in [-0.25, -0.2) is 8.78 Å². The molecule has 2 aromatic rings. The molecule has 2 amide bonds. The summed E-state index contributed by atoms with van der Waals surface area (Å²) in [5.74, 6) is -1.73. The van der Waals surface area contributed by atoms with Gasteiger partial charge in [-0.15, -0.1) is 0 Å². The smallest absolute Gasteiger partial charge is 0.254 e. The fourth-order valence-electron chi connectivity index (χ4n) is 2.71. The predicted molar refractivity (Wildman–Crippen MR) is 112 cm³/mol. The number of nitrogens with one attached hydrogen (secondary N) is 2. The van der Waals surface area contributed by atoms with Gasteiger partial charge in [-0.05, 0) is 41.7 Å². The normalized spacial score (nSPS) is 11.1. The first kappa shape index (κ1) is 23.3. The van der Waals surface area contributed by atoms with E-state index < -0.39 is 17.5 Å². The minimum absolute atomic E-state index is 0.0866. The first-order valence-corrected chi connectivity index (χ1v) is 9.90. The number of halogens is 2. The summed E-state index contributed by atoms with van der Waals surface area (Å²) in [5, 5.41) is 5.15. The van der Waals surface area contributed by atoms with E-state index in [4.69, 9.17) is 4.74 Å². The van der Waals surface area contributed by atoms with Crippen molar-refractivity contribution >= 4 is 11.8 Å². The van der Waals surface area contributed by atoms with Gasteiger partial charge in [0.1, 0.15) is 17.4 Å². The summed E-state index contributed by atoms with van der Waals surface area (Å²) in [6.07, 6.45) is 0.848. The van der Waals surface area contributed by atoms with Crippen molar-refractivity contribution in [1.82, 2.24) is 10.6 Å². The molecule has 0 aliphatic carbocycles. The van der Waals surface area contributed by atoms with Crippen molar-refractivity contribution in [2.45, 2.75) is 39.0 Å². The number of hydrogen-bond donors (Lipinski definition) is 2. The van der Waals surface area contributed by atoms with Crippen LogP contribution in [0.2, 0.25) is 0 Å². The van der Waals surface area contributed by atoms with E-state index in [0.29, 0.717) is 25.5 Å². The van der Waals surface area contributed by atoms with E-state index in [9.17, 15) is 18.4 Å². The molecule has 0 fully saturated rings. The van der Waals surface area contributed by atoms with Crippen LogP contribution in [0.5, 0.6) is 5.75 Å². The molecule has 0 aliphatic rings. The molecule has 0 spiro atoms. The lowest BCUT2D eigenvalue weighted by atomic mass is 9.87. The second-order valence-corrected chi connectivity index (χ2v) is 7.96. The van der Waals surface area contributed by atoms with E-state index in [1.165, 1.54) is 5.56 Å². The molecule has 0 heterocycles. The average Bonchev–Trinajstić information content (AvgIpc) is 2.68. The van der Waals surface area contributed by atoms with Crippen LogP contribution in [0.25, 0.3) is 0 Å². The zero-order valence-corrected chi connectivity index (χ0v) is 17.6. The van der Waals surface area contributed by atoms with E-state index in [0.717, 1.165) is 17.9 Å². The quantitative estimate of drug-likeness (QED) is 0.606. The maximum Gasteiger partial charge on any atom is 0.254 e. The molecule has 0 unspecified atom stereocenters. The average molecular weight is 418 g/mol. The van der Waals surface area contributed by atoms with Crippen molar-refractivity contribution in [3.63, 3.8) is 0 Å². The topological polar surface area (TPSA) is 67.4 Å². The lowest BCUT2D eigenvalue weighted by Gasteiger charge is -2.19. The third-order valence-electron chi connectivity index (χ3n) is 4.45. The molecule has 0 saturated heterocycles. The van der Waals surface area contributed by atoms with Crippen LogP contribution in [0.1, 0.15) is 49.5 Å². The van der Waals surface area contributed by atoms with Gasteiger partial charge < -0.3 is 15.4 Å². The summed E-state index contributed by atoms with van der Waals surface area (Å²) in [6, 6.07) is 10.7. The van der Waals surface area contributed by atoms with Crippen molar-refractivity contribution in [2.24, 2.45) is 0 Å². The van der Waals surface area contributed by atoms with Gasteiger partial charge in [-0.3, -0.25) is 9.59 Å². The monoisotopic (exact) mass is 418 g/mol. The summed E-state index contributed by atoms with van der Waals surface area (Å²) in [6.45, 7) is 7.21. The highest BCUT2D eigenvalue weighted by molar-refractivity contribution is 5.94. The zero-order valence-electron chi connectivity index (χ0n) is 17.6. The molecule has 0 bridgehead atoms. The molecule has 0 aliphatic heterocycles. The van der Waals surface area contributed by atoms with Crippen LogP contribution in [0, 0.1) is 11.6 Å². The molecule has 2 aromatic carbocycles. The summed E-state index contributed by atoms with van der Waals surface area (Å²) >= 11 is 0. The van der Waals surface area contributed by atoms with Gasteiger partial charge in [0.25, 0.3) is 5.91 Å². The molecule has 30 heavy (non-hydrogen) atoms. The van der Waals surface area contributed by atoms with Crippen molar-refractivity contribution in [2.75, 3.05) is 19.7 Å². The Bertz CT molecular complexity index is 862. The number of rotatable bonds is 9. The Hall–Kier alpha value is -2.96. The van der Waals surface area contributed by atoms with Gasteiger partial charge in [0.2, 0.25) is 5.91 Å². The Kier molecular flexibility index (Phi) is 8.33. The van der Waals surface area contributed by atoms with E-state index in [1.807, 2.05) is 24.3 Å². The van der Waals surface area contributed by atoms with E-state index in [-0.39, 0.29) is 30.0 Å². The minimum atomic E-state index is -0.926. The Morgan fingerprint density at radius 1 is 0.967 bits per heavy atom. The minimum Gasteiger partial charge on any atom is -0.494 e. The molecule has 0 aromatic heterocycles. The highest BCUT2D eigenvalue weighted by Crippen LogP contribution is 2.24. The first-order chi connectivity index (χ1) is 14.2. The second kappa shape index (κ2) is 10.7. The van der Waals surface area contributed by atoms with Gasteiger partial charge in [-0.2, -0.15) is 0 Å². The predicted octanol–water partition coefficient (Wildman–Crippen LogP) is 3.97. The first-order valence-electron chi connectivity index (χ1n) is 9.90. The van der Waals surface area contributed by atoms with Crippen LogP contribution in [0.15, 0.2) is 42.5 Å². The van der Waals surface area contributed by atoms with Crippen LogP contribution in [-0.2, 0) is 10.2 Å². The Morgan fingerprint density at radius 2 is 1.63 bits per heavy atom. The summed E-state index contributed by atoms with van der Waals surface area (Å²) in [5.41, 5.74) is 1.07. The number of carbonyl (C=O) groups is 2. The Labute approximate surface area is 175 Å². The van der Waals surface area contributed by atoms with E-state index in [1.54, 1.807) is 0 Å². The third-order valence-corrected chi connectivity index (χ3v) is 4.45. The number of hydrogen-bond acceptors (Lipinski definition) is 3. The summed E-state index contributed by atoms with van der Waals surface area (Å²) < 4.78 is 32.0. The molecule has 2 N–H and O–H groups in total. The molecule has 0 saturated carbocycles. The van der Waals surface area contributed by atoms with E-state index >= 15 is 0 Å². The largest absolute Gasteiger partial charge is 0.494 e. The van der Waals surface area contributed by atoms with Crippen molar-refractivity contribution in [1.29, 1.82) is 0 Å². The van der Waals surface area contributed by atoms with Gasteiger partial charge in [0.05, 0.1) is 12.2 Å². The van der Waals surface area contributed by atoms with Crippen molar-refractivity contribution in [3.05, 3.63) is 65.2 Å². The third kappa shape index (κ3) is 7.46. The maximum absolute atomic E-state index is 13.5. The van der Waals surface area contributed by atoms with Crippen LogP contribution < -0.4 is 15.4 Å². The fraction of sp³-hybridized carbons (Fsp3) is 0.391. The molecular weight excluding hydrogens is 390 g/mol. The highest BCUT2D eigenvalue weighted by atomic mass is 19.1. The summed E-state index contributed by atoms with van der Waals surface area (Å²) in [7, 11) is 0. The van der Waals surface area contributed by atoms with E-state index in [2.05, 4.69) is 31.4 Å². The van der Waals surface area contributed by atoms with Gasteiger partial charge in [0, 0.05) is 25.6 Å². The molecule has 7 heteroatoms. The van der Waals surface area contributed by atoms with Crippen LogP contribution in [0.3, 0.4) is 0 Å². The molecule has 0 radical (unpaired) electrons. The highest BCUT2D eigenvalue weighted by Gasteiger charge is 2.13. The van der Waals surface area contributed by atoms with Crippen LogP contribution in [-0.4, -0.2) is 31.5 Å². The molecule has 162 valence electrons. The molecular formula is C23H28F2N2O3. The Balaban J connectivity index is 1.59. The van der Waals surface area contributed by atoms with Gasteiger partial charge in [0.15, 0.2) is 0 Å². The zero-order chi connectivity index (χ0) is 22.1. The summed E-state index contributed by atoms with van der Waals surface area (Å²) in [4.78, 5) is 23.7. The number of ether oxygens (including phenoxy) is 1. The number of carbonyl (C=O) groups excluding carboxylic acids is 2. The second-order valence-electron chi connectivity index (χ2n) is 7.96.